The first kappa shape index (κ1) is 32.0. The minimum atomic E-state index is -0.176. The van der Waals surface area contributed by atoms with Gasteiger partial charge in [0.15, 0.2) is 0 Å². The van der Waals surface area contributed by atoms with Crippen LogP contribution in [0, 0.1) is 0 Å². The lowest BCUT2D eigenvalue weighted by atomic mass is 9.80. The molecule has 0 saturated heterocycles. The minimum Gasteiger partial charge on any atom is -0.309 e. The van der Waals surface area contributed by atoms with Crippen LogP contribution in [-0.2, 0) is 5.41 Å². The van der Waals surface area contributed by atoms with Crippen LogP contribution in [0.3, 0.4) is 0 Å². The fraction of sp³-hybridized carbons (Fsp3) is 0.0566. The molecule has 256 valence electrons. The zero-order valence-electron chi connectivity index (χ0n) is 30.5. The van der Waals surface area contributed by atoms with Gasteiger partial charge in [0.25, 0.3) is 0 Å². The predicted molar refractivity (Wildman–Crippen MR) is 230 cm³/mol. The molecule has 0 N–H and O–H groups in total. The molecule has 1 aliphatic carbocycles. The van der Waals surface area contributed by atoms with E-state index in [9.17, 15) is 0 Å². The number of hydrogen-bond acceptors (Lipinski definition) is 1. The van der Waals surface area contributed by atoms with Gasteiger partial charge in [-0.15, -0.1) is 0 Å². The van der Waals surface area contributed by atoms with Gasteiger partial charge in [0.2, 0.25) is 0 Å². The fourth-order valence-corrected chi connectivity index (χ4v) is 8.97. The zero-order valence-corrected chi connectivity index (χ0v) is 30.5. The fourth-order valence-electron chi connectivity index (χ4n) is 8.97. The van der Waals surface area contributed by atoms with E-state index in [2.05, 4.69) is 219 Å². The number of fused-ring (bicyclic) bond motifs is 6. The molecule has 0 aromatic heterocycles. The lowest BCUT2D eigenvalue weighted by Crippen LogP contribution is -2.17. The van der Waals surface area contributed by atoms with E-state index in [0.717, 1.165) is 11.4 Å². The highest BCUT2D eigenvalue weighted by Crippen LogP contribution is 2.57. The monoisotopic (exact) mass is 689 g/mol. The smallest absolute Gasteiger partial charge is 0.0549 e. The topological polar surface area (TPSA) is 3.24 Å². The molecule has 10 rings (SSSR count). The molecule has 0 unspecified atom stereocenters. The van der Waals surface area contributed by atoms with Crippen molar-refractivity contribution in [3.8, 4) is 44.5 Å². The standard InChI is InChI=1S/C53H39N/c1-53(2)48-29-14-12-27-47(48)51-50(35-39-20-7-9-24-44(39)52(51)53)54(40-33-31-38(32-34-40)42-28-16-21-37-19-6-8-22-41(37)42)49-30-15-13-26-46(49)45-25-11-10-23-43(45)36-17-4-3-5-18-36/h3-35H,1-2H3. The highest BCUT2D eigenvalue weighted by atomic mass is 15.1. The van der Waals surface area contributed by atoms with Crippen molar-refractivity contribution in [3.63, 3.8) is 0 Å². The average molecular weight is 690 g/mol. The molecule has 1 aliphatic rings. The van der Waals surface area contributed by atoms with Gasteiger partial charge in [-0.05, 0) is 90.3 Å². The molecule has 0 fully saturated rings. The Bertz CT molecular complexity index is 2840. The summed E-state index contributed by atoms with van der Waals surface area (Å²) >= 11 is 0. The third-order valence-electron chi connectivity index (χ3n) is 11.4. The van der Waals surface area contributed by atoms with E-state index in [1.807, 2.05) is 0 Å². The van der Waals surface area contributed by atoms with Crippen LogP contribution < -0.4 is 4.90 Å². The molecule has 0 radical (unpaired) electrons. The molecule has 0 bridgehead atoms. The summed E-state index contributed by atoms with van der Waals surface area (Å²) in [6.45, 7) is 4.78. The van der Waals surface area contributed by atoms with Crippen LogP contribution in [0.4, 0.5) is 17.1 Å². The van der Waals surface area contributed by atoms with E-state index in [1.54, 1.807) is 0 Å². The van der Waals surface area contributed by atoms with E-state index in [0.29, 0.717) is 0 Å². The van der Waals surface area contributed by atoms with Gasteiger partial charge in [0.1, 0.15) is 0 Å². The Morgan fingerprint density at radius 3 is 1.72 bits per heavy atom. The molecule has 0 aliphatic heterocycles. The second-order valence-corrected chi connectivity index (χ2v) is 14.9. The molecule has 9 aromatic carbocycles. The zero-order chi connectivity index (χ0) is 36.2. The Morgan fingerprint density at radius 2 is 0.926 bits per heavy atom. The van der Waals surface area contributed by atoms with Crippen LogP contribution >= 0.6 is 0 Å². The Balaban J connectivity index is 1.26. The summed E-state index contributed by atoms with van der Waals surface area (Å²) in [6.07, 6.45) is 0. The van der Waals surface area contributed by atoms with E-state index >= 15 is 0 Å². The van der Waals surface area contributed by atoms with Crippen molar-refractivity contribution in [2.75, 3.05) is 4.90 Å². The number of nitrogens with zero attached hydrogens (tertiary/aromatic N) is 1. The van der Waals surface area contributed by atoms with Gasteiger partial charge in [-0.1, -0.05) is 190 Å². The van der Waals surface area contributed by atoms with Crippen molar-refractivity contribution < 1.29 is 0 Å². The quantitative estimate of drug-likeness (QED) is 0.168. The Morgan fingerprint density at radius 1 is 0.370 bits per heavy atom. The lowest BCUT2D eigenvalue weighted by Gasteiger charge is -2.32. The Hall–Kier alpha value is -6.70. The summed E-state index contributed by atoms with van der Waals surface area (Å²) in [5, 5.41) is 5.07. The van der Waals surface area contributed by atoms with Gasteiger partial charge in [-0.3, -0.25) is 0 Å². The largest absolute Gasteiger partial charge is 0.309 e. The SMILES string of the molecule is CC1(C)c2ccccc2-c2c(N(c3ccc(-c4cccc5ccccc45)cc3)c3ccccc3-c3ccccc3-c3ccccc3)cc3ccccc3c21. The van der Waals surface area contributed by atoms with E-state index in [4.69, 9.17) is 0 Å². The molecular formula is C53H39N. The molecule has 0 spiro atoms. The van der Waals surface area contributed by atoms with Crippen molar-refractivity contribution in [3.05, 3.63) is 211 Å². The third-order valence-corrected chi connectivity index (χ3v) is 11.4. The number of para-hydroxylation sites is 1. The van der Waals surface area contributed by atoms with E-state index in [-0.39, 0.29) is 5.41 Å². The molecule has 0 amide bonds. The summed E-state index contributed by atoms with van der Waals surface area (Å²) in [5.74, 6) is 0. The van der Waals surface area contributed by atoms with Crippen molar-refractivity contribution in [2.24, 2.45) is 0 Å². The Kier molecular flexibility index (Phi) is 7.56. The minimum absolute atomic E-state index is 0.176. The van der Waals surface area contributed by atoms with Gasteiger partial charge in [0.05, 0.1) is 11.4 Å². The molecule has 0 atom stereocenters. The number of benzene rings is 9. The normalized spacial score (nSPS) is 12.8. The predicted octanol–water partition coefficient (Wildman–Crippen LogP) is 14.8. The van der Waals surface area contributed by atoms with Crippen LogP contribution in [-0.4, -0.2) is 0 Å². The van der Waals surface area contributed by atoms with Gasteiger partial charge in [0, 0.05) is 22.2 Å². The van der Waals surface area contributed by atoms with Crippen molar-refractivity contribution in [1.82, 2.24) is 0 Å². The molecule has 9 aromatic rings. The first-order valence-electron chi connectivity index (χ1n) is 18.9. The second-order valence-electron chi connectivity index (χ2n) is 14.9. The van der Waals surface area contributed by atoms with Crippen molar-refractivity contribution >= 4 is 38.6 Å². The molecule has 0 saturated carbocycles. The molecule has 54 heavy (non-hydrogen) atoms. The van der Waals surface area contributed by atoms with Gasteiger partial charge in [-0.25, -0.2) is 0 Å². The van der Waals surface area contributed by atoms with Crippen molar-refractivity contribution in [1.29, 1.82) is 0 Å². The maximum Gasteiger partial charge on any atom is 0.0549 e. The molecule has 0 heterocycles. The maximum absolute atomic E-state index is 2.52. The third kappa shape index (κ3) is 5.08. The summed E-state index contributed by atoms with van der Waals surface area (Å²) in [6, 6.07) is 73.3. The summed E-state index contributed by atoms with van der Waals surface area (Å²) in [4.78, 5) is 2.52. The molecular weight excluding hydrogens is 651 g/mol. The van der Waals surface area contributed by atoms with Gasteiger partial charge < -0.3 is 4.90 Å². The van der Waals surface area contributed by atoms with Crippen LogP contribution in [0.2, 0.25) is 0 Å². The second kappa shape index (κ2) is 12.8. The number of rotatable bonds is 6. The number of hydrogen-bond donors (Lipinski definition) is 0. The number of anilines is 3. The summed E-state index contributed by atoms with van der Waals surface area (Å²) in [5.41, 5.74) is 15.9. The molecule has 1 nitrogen and oxygen atoms in total. The highest BCUT2D eigenvalue weighted by molar-refractivity contribution is 6.07. The Labute approximate surface area is 317 Å². The van der Waals surface area contributed by atoms with Crippen LogP contribution in [0.1, 0.15) is 25.0 Å². The summed E-state index contributed by atoms with van der Waals surface area (Å²) < 4.78 is 0. The van der Waals surface area contributed by atoms with Gasteiger partial charge in [-0.2, -0.15) is 0 Å². The van der Waals surface area contributed by atoms with Gasteiger partial charge >= 0.3 is 0 Å². The van der Waals surface area contributed by atoms with Crippen LogP contribution in [0.15, 0.2) is 200 Å². The molecule has 1 heteroatoms. The maximum atomic E-state index is 2.52. The first-order valence-corrected chi connectivity index (χ1v) is 18.9. The lowest BCUT2D eigenvalue weighted by molar-refractivity contribution is 0.666. The van der Waals surface area contributed by atoms with Crippen LogP contribution in [0.5, 0.6) is 0 Å². The summed E-state index contributed by atoms with van der Waals surface area (Å²) in [7, 11) is 0. The van der Waals surface area contributed by atoms with Crippen LogP contribution in [0.25, 0.3) is 66.1 Å². The first-order chi connectivity index (χ1) is 26.6. The van der Waals surface area contributed by atoms with Crippen molar-refractivity contribution in [2.45, 2.75) is 19.3 Å². The van der Waals surface area contributed by atoms with E-state index < -0.39 is 0 Å². The highest BCUT2D eigenvalue weighted by Gasteiger charge is 2.39. The average Bonchev–Trinajstić information content (AvgIpc) is 3.48. The van der Waals surface area contributed by atoms with E-state index in [1.165, 1.54) is 82.9 Å².